The number of urea groups is 1. The van der Waals surface area contributed by atoms with Gasteiger partial charge in [0.05, 0.1) is 23.9 Å². The molecule has 7 nitrogen and oxygen atoms in total. The van der Waals surface area contributed by atoms with Crippen molar-refractivity contribution in [3.05, 3.63) is 77.5 Å². The zero-order chi connectivity index (χ0) is 22.2. The van der Waals surface area contributed by atoms with E-state index in [0.717, 1.165) is 10.5 Å². The molecule has 0 unspecified atom stereocenters. The van der Waals surface area contributed by atoms with Crippen molar-refractivity contribution in [2.75, 3.05) is 13.2 Å². The average Bonchev–Trinajstić information content (AvgIpc) is 2.78. The zero-order valence-corrected chi connectivity index (χ0v) is 18.1. The topological polar surface area (TPSA) is 93.7 Å². The van der Waals surface area contributed by atoms with Gasteiger partial charge in [0.15, 0.2) is 0 Å². The maximum absolute atomic E-state index is 12.7. The highest BCUT2D eigenvalue weighted by molar-refractivity contribution is 8.00. The number of carbonyl (C=O) groups is 3. The van der Waals surface area contributed by atoms with Crippen LogP contribution in [-0.2, 0) is 19.1 Å². The minimum Gasteiger partial charge on any atom is -0.463 e. The Morgan fingerprint density at radius 3 is 2.32 bits per heavy atom. The van der Waals surface area contributed by atoms with Crippen molar-refractivity contribution < 1.29 is 23.9 Å². The van der Waals surface area contributed by atoms with Crippen LogP contribution in [0.3, 0.4) is 0 Å². The van der Waals surface area contributed by atoms with Gasteiger partial charge in [0, 0.05) is 4.90 Å². The van der Waals surface area contributed by atoms with Gasteiger partial charge in [-0.1, -0.05) is 48.5 Å². The molecule has 0 aromatic heterocycles. The molecule has 162 valence electrons. The summed E-state index contributed by atoms with van der Waals surface area (Å²) >= 11 is 1.37. The molecule has 1 aliphatic rings. The number of benzene rings is 2. The number of amides is 2. The SMILES string of the molecule is CCOC(=O)C1=C(COC(=O)[C@@H](C)Sc2ccccc2)NC(=O)N[C@H]1c1ccccc1. The molecule has 8 heteroatoms. The van der Waals surface area contributed by atoms with Crippen molar-refractivity contribution in [1.82, 2.24) is 10.6 Å². The number of hydrogen-bond acceptors (Lipinski definition) is 6. The maximum Gasteiger partial charge on any atom is 0.338 e. The lowest BCUT2D eigenvalue weighted by molar-refractivity contribution is -0.143. The Hall–Kier alpha value is -3.26. The molecule has 0 bridgehead atoms. The van der Waals surface area contributed by atoms with Gasteiger partial charge in [0.1, 0.15) is 11.9 Å². The van der Waals surface area contributed by atoms with Gasteiger partial charge < -0.3 is 20.1 Å². The summed E-state index contributed by atoms with van der Waals surface area (Å²) in [5.41, 5.74) is 1.14. The number of esters is 2. The molecule has 0 saturated carbocycles. The first kappa shape index (κ1) is 22.4. The standard InChI is InChI=1S/C23H24N2O5S/c1-3-29-22(27)19-18(24-23(28)25-20(19)16-10-6-4-7-11-16)14-30-21(26)15(2)31-17-12-8-5-9-13-17/h4-13,15,20H,3,14H2,1-2H3,(H2,24,25,28)/t15-,20+/m1/s1. The van der Waals surface area contributed by atoms with Gasteiger partial charge in [-0.2, -0.15) is 0 Å². The van der Waals surface area contributed by atoms with E-state index in [1.165, 1.54) is 11.8 Å². The molecule has 2 aromatic rings. The summed E-state index contributed by atoms with van der Waals surface area (Å²) in [5.74, 6) is -1.03. The Labute approximate surface area is 185 Å². The first-order valence-corrected chi connectivity index (χ1v) is 10.8. The van der Waals surface area contributed by atoms with Gasteiger partial charge in [-0.25, -0.2) is 9.59 Å². The second-order valence-electron chi connectivity index (χ2n) is 6.74. The van der Waals surface area contributed by atoms with Crippen LogP contribution in [0.1, 0.15) is 25.5 Å². The first-order valence-electron chi connectivity index (χ1n) is 9.90. The van der Waals surface area contributed by atoms with Crippen LogP contribution >= 0.6 is 11.8 Å². The molecule has 1 heterocycles. The summed E-state index contributed by atoms with van der Waals surface area (Å²) in [6, 6.07) is 17.4. The van der Waals surface area contributed by atoms with Crippen molar-refractivity contribution in [1.29, 1.82) is 0 Å². The Bertz CT molecular complexity index is 962. The van der Waals surface area contributed by atoms with Crippen LogP contribution in [0.4, 0.5) is 4.79 Å². The number of carbonyl (C=O) groups excluding carboxylic acids is 3. The van der Waals surface area contributed by atoms with E-state index >= 15 is 0 Å². The minimum atomic E-state index is -0.709. The molecule has 0 aliphatic carbocycles. The molecule has 2 N–H and O–H groups in total. The molecule has 0 fully saturated rings. The van der Waals surface area contributed by atoms with Crippen molar-refractivity contribution in [2.24, 2.45) is 0 Å². The molecule has 0 saturated heterocycles. The lowest BCUT2D eigenvalue weighted by Crippen LogP contribution is -2.47. The van der Waals surface area contributed by atoms with Crippen molar-refractivity contribution >= 4 is 29.7 Å². The van der Waals surface area contributed by atoms with E-state index < -0.39 is 29.3 Å². The van der Waals surface area contributed by atoms with E-state index in [-0.39, 0.29) is 24.5 Å². The highest BCUT2D eigenvalue weighted by Gasteiger charge is 2.34. The highest BCUT2D eigenvalue weighted by Crippen LogP contribution is 2.28. The summed E-state index contributed by atoms with van der Waals surface area (Å²) in [6.45, 7) is 3.38. The predicted octanol–water partition coefficient (Wildman–Crippen LogP) is 3.58. The third-order valence-corrected chi connectivity index (χ3v) is 5.62. The number of rotatable bonds is 8. The summed E-state index contributed by atoms with van der Waals surface area (Å²) in [4.78, 5) is 38.4. The predicted molar refractivity (Wildman–Crippen MR) is 117 cm³/mol. The monoisotopic (exact) mass is 440 g/mol. The first-order chi connectivity index (χ1) is 15.0. The van der Waals surface area contributed by atoms with Crippen LogP contribution in [0, 0.1) is 0 Å². The average molecular weight is 441 g/mol. The van der Waals surface area contributed by atoms with Crippen LogP contribution in [0.25, 0.3) is 0 Å². The van der Waals surface area contributed by atoms with Gasteiger partial charge >= 0.3 is 18.0 Å². The molecule has 2 amide bonds. The van der Waals surface area contributed by atoms with Crippen LogP contribution in [-0.4, -0.2) is 36.4 Å². The normalized spacial score (nSPS) is 16.7. The second-order valence-corrected chi connectivity index (χ2v) is 8.15. The highest BCUT2D eigenvalue weighted by atomic mass is 32.2. The number of ether oxygens (including phenoxy) is 2. The molecule has 3 rings (SSSR count). The fraction of sp³-hybridized carbons (Fsp3) is 0.261. The number of thioether (sulfide) groups is 1. The summed E-state index contributed by atoms with van der Waals surface area (Å²) in [6.07, 6.45) is 0. The third-order valence-electron chi connectivity index (χ3n) is 4.53. The minimum absolute atomic E-state index is 0.176. The van der Waals surface area contributed by atoms with Gasteiger partial charge in [-0.3, -0.25) is 4.79 Å². The Balaban J connectivity index is 1.80. The van der Waals surface area contributed by atoms with E-state index in [0.29, 0.717) is 0 Å². The van der Waals surface area contributed by atoms with Gasteiger partial charge in [0.25, 0.3) is 0 Å². The van der Waals surface area contributed by atoms with Gasteiger partial charge in [0.2, 0.25) is 0 Å². The Morgan fingerprint density at radius 1 is 1.03 bits per heavy atom. The lowest BCUT2D eigenvalue weighted by Gasteiger charge is -2.29. The summed E-state index contributed by atoms with van der Waals surface area (Å²) < 4.78 is 10.6. The number of hydrogen-bond donors (Lipinski definition) is 2. The quantitative estimate of drug-likeness (QED) is 0.481. The Kier molecular flexibility index (Phi) is 7.72. The second kappa shape index (κ2) is 10.7. The molecule has 0 spiro atoms. The largest absolute Gasteiger partial charge is 0.463 e. The third kappa shape index (κ3) is 5.88. The fourth-order valence-electron chi connectivity index (χ4n) is 3.09. The van der Waals surface area contributed by atoms with Crippen LogP contribution in [0.15, 0.2) is 76.8 Å². The number of nitrogens with one attached hydrogen (secondary N) is 2. The smallest absolute Gasteiger partial charge is 0.338 e. The van der Waals surface area contributed by atoms with E-state index in [2.05, 4.69) is 10.6 Å². The molecular weight excluding hydrogens is 416 g/mol. The fourth-order valence-corrected chi connectivity index (χ4v) is 3.98. The molecule has 1 aliphatic heterocycles. The van der Waals surface area contributed by atoms with Crippen LogP contribution < -0.4 is 10.6 Å². The molecule has 2 atom stereocenters. The lowest BCUT2D eigenvalue weighted by atomic mass is 9.95. The molecule has 2 aromatic carbocycles. The molecule has 31 heavy (non-hydrogen) atoms. The van der Waals surface area contributed by atoms with Crippen LogP contribution in [0.2, 0.25) is 0 Å². The van der Waals surface area contributed by atoms with E-state index in [1.807, 2.05) is 48.5 Å². The van der Waals surface area contributed by atoms with Gasteiger partial charge in [-0.05, 0) is 31.5 Å². The van der Waals surface area contributed by atoms with Crippen molar-refractivity contribution in [2.45, 2.75) is 30.0 Å². The summed E-state index contributed by atoms with van der Waals surface area (Å²) in [5, 5.41) is 4.87. The van der Waals surface area contributed by atoms with Gasteiger partial charge in [-0.15, -0.1) is 11.8 Å². The maximum atomic E-state index is 12.7. The molecular formula is C23H24N2O5S. The van der Waals surface area contributed by atoms with E-state index in [4.69, 9.17) is 9.47 Å². The van der Waals surface area contributed by atoms with Crippen molar-refractivity contribution in [3.8, 4) is 0 Å². The summed E-state index contributed by atoms with van der Waals surface area (Å²) in [7, 11) is 0. The van der Waals surface area contributed by atoms with Crippen molar-refractivity contribution in [3.63, 3.8) is 0 Å². The molecule has 0 radical (unpaired) electrons. The van der Waals surface area contributed by atoms with E-state index in [1.54, 1.807) is 26.0 Å². The van der Waals surface area contributed by atoms with E-state index in [9.17, 15) is 14.4 Å². The zero-order valence-electron chi connectivity index (χ0n) is 17.3. The van der Waals surface area contributed by atoms with Crippen LogP contribution in [0.5, 0.6) is 0 Å². The Morgan fingerprint density at radius 2 is 1.68 bits per heavy atom.